The van der Waals surface area contributed by atoms with E-state index in [1.807, 2.05) is 6.07 Å². The quantitative estimate of drug-likeness (QED) is 0.382. The van der Waals surface area contributed by atoms with Crippen LogP contribution in [0.15, 0.2) is 96.4 Å². The first-order chi connectivity index (χ1) is 13.3. The maximum Gasteiger partial charge on any atom is 0.171 e. The molecule has 1 unspecified atom stereocenters. The average molecular weight is 366 g/mol. The van der Waals surface area contributed by atoms with E-state index >= 15 is 0 Å². The van der Waals surface area contributed by atoms with E-state index in [1.54, 1.807) is 11.3 Å². The van der Waals surface area contributed by atoms with Crippen molar-refractivity contribution in [2.24, 2.45) is 0 Å². The van der Waals surface area contributed by atoms with Crippen molar-refractivity contribution >= 4 is 34.3 Å². The fourth-order valence-electron chi connectivity index (χ4n) is 3.59. The van der Waals surface area contributed by atoms with Gasteiger partial charge in [-0.05, 0) is 52.6 Å². The van der Waals surface area contributed by atoms with Crippen molar-refractivity contribution < 1.29 is 4.74 Å². The van der Waals surface area contributed by atoms with Crippen LogP contribution in [0.2, 0.25) is 0 Å². The third-order valence-corrected chi connectivity index (χ3v) is 5.81. The zero-order valence-electron chi connectivity index (χ0n) is 14.7. The number of thiophene rings is 1. The van der Waals surface area contributed by atoms with Gasteiger partial charge in [-0.2, -0.15) is 0 Å². The van der Waals surface area contributed by atoms with Gasteiger partial charge in [0.1, 0.15) is 5.75 Å². The highest BCUT2D eigenvalue weighted by molar-refractivity contribution is 7.10. The highest BCUT2D eigenvalue weighted by atomic mass is 32.1. The first kappa shape index (κ1) is 16.1. The smallest absolute Gasteiger partial charge is 0.171 e. The number of rotatable bonds is 3. The molecule has 0 saturated carbocycles. The molecule has 27 heavy (non-hydrogen) atoms. The lowest BCUT2D eigenvalue weighted by molar-refractivity contribution is 0.171. The topological polar surface area (TPSA) is 9.23 Å². The summed E-state index contributed by atoms with van der Waals surface area (Å²) >= 11 is 1.73. The molecule has 0 fully saturated rings. The largest absolute Gasteiger partial charge is 0.474 e. The molecule has 2 heterocycles. The molecule has 5 rings (SSSR count). The van der Waals surface area contributed by atoms with Gasteiger partial charge in [0, 0.05) is 16.0 Å². The van der Waals surface area contributed by atoms with E-state index in [1.165, 1.54) is 15.6 Å². The Balaban J connectivity index is 1.65. The fraction of sp³-hybridized carbons (Fsp3) is 0.0400. The van der Waals surface area contributed by atoms with Gasteiger partial charge in [-0.1, -0.05) is 66.7 Å². The van der Waals surface area contributed by atoms with Gasteiger partial charge in [0.25, 0.3) is 0 Å². The summed E-state index contributed by atoms with van der Waals surface area (Å²) < 4.78 is 6.64. The van der Waals surface area contributed by atoms with Gasteiger partial charge in [-0.15, -0.1) is 11.3 Å². The maximum absolute atomic E-state index is 6.64. The van der Waals surface area contributed by atoms with Crippen LogP contribution in [0.1, 0.15) is 16.0 Å². The normalized spacial score (nSPS) is 18.5. The summed E-state index contributed by atoms with van der Waals surface area (Å²) in [5.74, 6) is 0.913. The molecule has 0 spiro atoms. The van der Waals surface area contributed by atoms with Crippen LogP contribution in [0.5, 0.6) is 5.75 Å². The number of ether oxygens (including phenoxy) is 1. The van der Waals surface area contributed by atoms with E-state index in [0.29, 0.717) is 0 Å². The first-order valence-electron chi connectivity index (χ1n) is 9.02. The van der Waals surface area contributed by atoms with Crippen molar-refractivity contribution in [1.29, 1.82) is 0 Å². The Hall–Kier alpha value is -3.10. The van der Waals surface area contributed by atoms with Gasteiger partial charge < -0.3 is 4.74 Å². The molecule has 1 aliphatic heterocycles. The van der Waals surface area contributed by atoms with Gasteiger partial charge in [-0.25, -0.2) is 0 Å². The zero-order valence-corrected chi connectivity index (χ0v) is 15.5. The standard InChI is InChI=1S/C25H18OS/c1-2-8-20(9-3-1)25(16-14-21-10-6-18-27-21)17-15-23-22-11-5-4-7-19(22)12-13-24(23)26-25/h1-18H/b16-14+. The molecule has 0 amide bonds. The number of hydrogen-bond acceptors (Lipinski definition) is 2. The van der Waals surface area contributed by atoms with Gasteiger partial charge in [0.15, 0.2) is 5.60 Å². The molecule has 1 aromatic heterocycles. The van der Waals surface area contributed by atoms with Crippen molar-refractivity contribution in [2.75, 3.05) is 0 Å². The lowest BCUT2D eigenvalue weighted by atomic mass is 9.88. The average Bonchev–Trinajstić information content (AvgIpc) is 3.26. The molecule has 1 aliphatic rings. The highest BCUT2D eigenvalue weighted by Crippen LogP contribution is 2.41. The predicted molar refractivity (Wildman–Crippen MR) is 115 cm³/mol. The van der Waals surface area contributed by atoms with Crippen LogP contribution in [0.3, 0.4) is 0 Å². The molecule has 0 bridgehead atoms. The second kappa shape index (κ2) is 6.57. The molecule has 2 heteroatoms. The van der Waals surface area contributed by atoms with Crippen LogP contribution in [0.4, 0.5) is 0 Å². The molecule has 0 radical (unpaired) electrons. The second-order valence-corrected chi connectivity index (χ2v) is 7.62. The Morgan fingerprint density at radius 3 is 2.52 bits per heavy atom. The van der Waals surface area contributed by atoms with Crippen LogP contribution in [0.25, 0.3) is 22.9 Å². The van der Waals surface area contributed by atoms with Crippen molar-refractivity contribution in [3.8, 4) is 5.75 Å². The van der Waals surface area contributed by atoms with Crippen molar-refractivity contribution in [3.63, 3.8) is 0 Å². The molecule has 3 aromatic carbocycles. The van der Waals surface area contributed by atoms with Gasteiger partial charge in [0.05, 0.1) is 0 Å². The van der Waals surface area contributed by atoms with Crippen molar-refractivity contribution in [2.45, 2.75) is 5.60 Å². The summed E-state index contributed by atoms with van der Waals surface area (Å²) in [4.78, 5) is 1.21. The second-order valence-electron chi connectivity index (χ2n) is 6.64. The molecule has 1 atom stereocenters. The Kier molecular flexibility index (Phi) is 3.92. The van der Waals surface area contributed by atoms with Gasteiger partial charge >= 0.3 is 0 Å². The number of hydrogen-bond donors (Lipinski definition) is 0. The first-order valence-corrected chi connectivity index (χ1v) is 9.90. The SMILES string of the molecule is C1=CC(/C=C/c2cccs2)(c2ccccc2)Oc2ccc3ccccc3c21. The lowest BCUT2D eigenvalue weighted by Gasteiger charge is -2.33. The summed E-state index contributed by atoms with van der Waals surface area (Å²) in [6, 6.07) is 27.2. The van der Waals surface area contributed by atoms with Gasteiger partial charge in [0.2, 0.25) is 0 Å². The summed E-state index contributed by atoms with van der Waals surface area (Å²) in [6.07, 6.45) is 8.67. The van der Waals surface area contributed by atoms with Gasteiger partial charge in [-0.3, -0.25) is 0 Å². The van der Waals surface area contributed by atoms with Crippen LogP contribution >= 0.6 is 11.3 Å². The molecule has 1 nitrogen and oxygen atoms in total. The highest BCUT2D eigenvalue weighted by Gasteiger charge is 2.32. The Labute approximate surface area is 162 Å². The Morgan fingerprint density at radius 1 is 0.815 bits per heavy atom. The van der Waals surface area contributed by atoms with Crippen molar-refractivity contribution in [3.05, 3.63) is 112 Å². The third kappa shape index (κ3) is 2.88. The molecular formula is C25H18OS. The van der Waals surface area contributed by atoms with E-state index in [2.05, 4.69) is 102 Å². The molecule has 4 aromatic rings. The molecule has 0 aliphatic carbocycles. The Bertz CT molecular complexity index is 1140. The third-order valence-electron chi connectivity index (χ3n) is 4.97. The summed E-state index contributed by atoms with van der Waals surface area (Å²) in [5, 5.41) is 4.54. The lowest BCUT2D eigenvalue weighted by Crippen LogP contribution is -2.30. The van der Waals surface area contributed by atoms with E-state index in [4.69, 9.17) is 4.74 Å². The molecule has 0 N–H and O–H groups in total. The van der Waals surface area contributed by atoms with E-state index < -0.39 is 5.60 Å². The zero-order chi connectivity index (χ0) is 18.1. The maximum atomic E-state index is 6.64. The van der Waals surface area contributed by atoms with Crippen LogP contribution in [0, 0.1) is 0 Å². The van der Waals surface area contributed by atoms with E-state index in [-0.39, 0.29) is 0 Å². The van der Waals surface area contributed by atoms with Crippen molar-refractivity contribution in [1.82, 2.24) is 0 Å². The van der Waals surface area contributed by atoms with E-state index in [0.717, 1.165) is 16.9 Å². The van der Waals surface area contributed by atoms with Crippen LogP contribution < -0.4 is 4.74 Å². The van der Waals surface area contributed by atoms with Crippen LogP contribution in [-0.2, 0) is 5.60 Å². The minimum absolute atomic E-state index is 0.610. The number of benzene rings is 3. The molecular weight excluding hydrogens is 348 g/mol. The molecule has 130 valence electrons. The Morgan fingerprint density at radius 2 is 1.67 bits per heavy atom. The summed E-state index contributed by atoms with van der Waals surface area (Å²) in [6.45, 7) is 0. The predicted octanol–water partition coefficient (Wildman–Crippen LogP) is 6.92. The monoisotopic (exact) mass is 366 g/mol. The minimum atomic E-state index is -0.610. The molecule has 0 saturated heterocycles. The van der Waals surface area contributed by atoms with Crippen LogP contribution in [-0.4, -0.2) is 0 Å². The fourth-order valence-corrected chi connectivity index (χ4v) is 4.21. The number of fused-ring (bicyclic) bond motifs is 3. The van der Waals surface area contributed by atoms with E-state index in [9.17, 15) is 0 Å². The summed E-state index contributed by atoms with van der Waals surface area (Å²) in [7, 11) is 0. The summed E-state index contributed by atoms with van der Waals surface area (Å²) in [5.41, 5.74) is 1.65. The minimum Gasteiger partial charge on any atom is -0.474 e.